The molecule has 1 unspecified atom stereocenters. The predicted molar refractivity (Wildman–Crippen MR) is 142 cm³/mol. The largest absolute Gasteiger partial charge is 0.455 e. The van der Waals surface area contributed by atoms with E-state index in [1.165, 1.54) is 10.4 Å². The molecule has 0 bridgehead atoms. The standard InChI is InChI=1S/C26H28N4O4S2/c1-16-12-19(6-9-22(16)34-20-7-4-17(2)27-14-20)30-25-24-21-8-5-18(10-11-33-36(3,31)32)13-23(21)35-26(24)29-15-28-25/h4,6-7,9,12,14-15,18H,5,8,10-11,13H2,1-3H3,(H,28,29,30). The van der Waals surface area contributed by atoms with Gasteiger partial charge in [-0.05, 0) is 86.9 Å². The smallest absolute Gasteiger partial charge is 0.264 e. The second-order valence-corrected chi connectivity index (χ2v) is 11.9. The molecule has 1 atom stereocenters. The number of aromatic nitrogens is 3. The van der Waals surface area contributed by atoms with E-state index in [2.05, 4.69) is 20.3 Å². The summed E-state index contributed by atoms with van der Waals surface area (Å²) in [5, 5.41) is 4.56. The van der Waals surface area contributed by atoms with Crippen LogP contribution < -0.4 is 10.1 Å². The fraction of sp³-hybridized carbons (Fsp3) is 0.346. The van der Waals surface area contributed by atoms with Crippen molar-refractivity contribution >= 4 is 43.2 Å². The molecule has 188 valence electrons. The monoisotopic (exact) mass is 524 g/mol. The van der Waals surface area contributed by atoms with Crippen LogP contribution in [0.2, 0.25) is 0 Å². The maximum Gasteiger partial charge on any atom is 0.264 e. The molecule has 0 saturated heterocycles. The van der Waals surface area contributed by atoms with Gasteiger partial charge >= 0.3 is 0 Å². The number of thiophene rings is 1. The van der Waals surface area contributed by atoms with Gasteiger partial charge in [-0.15, -0.1) is 11.3 Å². The van der Waals surface area contributed by atoms with E-state index in [4.69, 9.17) is 8.92 Å². The van der Waals surface area contributed by atoms with Crippen molar-refractivity contribution in [3.8, 4) is 11.5 Å². The van der Waals surface area contributed by atoms with E-state index in [-0.39, 0.29) is 6.61 Å². The molecule has 0 spiro atoms. The highest BCUT2D eigenvalue weighted by molar-refractivity contribution is 7.85. The van der Waals surface area contributed by atoms with E-state index in [9.17, 15) is 8.42 Å². The molecule has 1 N–H and O–H groups in total. The highest BCUT2D eigenvalue weighted by atomic mass is 32.2. The minimum Gasteiger partial charge on any atom is -0.455 e. The number of rotatable bonds is 8. The minimum absolute atomic E-state index is 0.232. The van der Waals surface area contributed by atoms with Gasteiger partial charge in [-0.25, -0.2) is 9.97 Å². The number of fused-ring (bicyclic) bond motifs is 3. The Kier molecular flexibility index (Phi) is 6.92. The predicted octanol–water partition coefficient (Wildman–Crippen LogP) is 5.71. The van der Waals surface area contributed by atoms with E-state index in [1.54, 1.807) is 23.9 Å². The number of nitrogens with zero attached hydrogens (tertiary/aromatic N) is 3. The third-order valence-corrected chi connectivity index (χ3v) is 8.08. The molecular weight excluding hydrogens is 496 g/mol. The quantitative estimate of drug-likeness (QED) is 0.292. The van der Waals surface area contributed by atoms with Gasteiger partial charge < -0.3 is 10.1 Å². The Hall–Kier alpha value is -3.08. The molecule has 5 rings (SSSR count). The average Bonchev–Trinajstić information content (AvgIpc) is 3.20. The van der Waals surface area contributed by atoms with Gasteiger partial charge in [0.15, 0.2) is 0 Å². The molecule has 4 aromatic rings. The number of aryl methyl sites for hydroxylation is 3. The van der Waals surface area contributed by atoms with E-state index in [0.29, 0.717) is 11.7 Å². The molecule has 0 amide bonds. The lowest BCUT2D eigenvalue weighted by Gasteiger charge is -2.22. The maximum absolute atomic E-state index is 11.3. The molecular formula is C26H28N4O4S2. The van der Waals surface area contributed by atoms with Gasteiger partial charge in [0.05, 0.1) is 24.4 Å². The Labute approximate surface area is 214 Å². The van der Waals surface area contributed by atoms with Crippen LogP contribution in [0.4, 0.5) is 11.5 Å². The summed E-state index contributed by atoms with van der Waals surface area (Å²) in [4.78, 5) is 15.6. The molecule has 8 nitrogen and oxygen atoms in total. The van der Waals surface area contributed by atoms with Crippen molar-refractivity contribution in [3.63, 3.8) is 0 Å². The van der Waals surface area contributed by atoms with Crippen LogP contribution in [0.25, 0.3) is 10.2 Å². The third kappa shape index (κ3) is 5.66. The lowest BCUT2D eigenvalue weighted by Crippen LogP contribution is -2.16. The molecule has 0 saturated carbocycles. The summed E-state index contributed by atoms with van der Waals surface area (Å²) >= 11 is 1.70. The molecule has 0 fully saturated rings. The Morgan fingerprint density at radius 2 is 2.00 bits per heavy atom. The Morgan fingerprint density at radius 1 is 1.14 bits per heavy atom. The van der Waals surface area contributed by atoms with Crippen LogP contribution in [0.3, 0.4) is 0 Å². The average molecular weight is 525 g/mol. The van der Waals surface area contributed by atoms with Crippen molar-refractivity contribution in [2.24, 2.45) is 5.92 Å². The first kappa shape index (κ1) is 24.6. The van der Waals surface area contributed by atoms with E-state index >= 15 is 0 Å². The van der Waals surface area contributed by atoms with Crippen LogP contribution in [0, 0.1) is 19.8 Å². The Balaban J connectivity index is 1.33. The van der Waals surface area contributed by atoms with Crippen molar-refractivity contribution in [1.82, 2.24) is 15.0 Å². The second-order valence-electron chi connectivity index (χ2n) is 9.17. The molecule has 1 aliphatic carbocycles. The van der Waals surface area contributed by atoms with Gasteiger partial charge in [0.2, 0.25) is 0 Å². The van der Waals surface area contributed by atoms with Crippen LogP contribution >= 0.6 is 11.3 Å². The summed E-state index contributed by atoms with van der Waals surface area (Å²) < 4.78 is 33.5. The van der Waals surface area contributed by atoms with Gasteiger partial charge in [-0.1, -0.05) is 0 Å². The zero-order chi connectivity index (χ0) is 25.3. The molecule has 36 heavy (non-hydrogen) atoms. The lowest BCUT2D eigenvalue weighted by atomic mass is 9.86. The summed E-state index contributed by atoms with van der Waals surface area (Å²) in [7, 11) is -3.40. The van der Waals surface area contributed by atoms with Gasteiger partial charge in [-0.3, -0.25) is 9.17 Å². The zero-order valence-electron chi connectivity index (χ0n) is 20.4. The number of pyridine rings is 1. The molecule has 0 aliphatic heterocycles. The Bertz CT molecular complexity index is 1500. The summed E-state index contributed by atoms with van der Waals surface area (Å²) in [6.45, 7) is 4.19. The number of hydrogen-bond donors (Lipinski definition) is 1. The summed E-state index contributed by atoms with van der Waals surface area (Å²) in [5.74, 6) is 2.67. The molecule has 3 heterocycles. The summed E-state index contributed by atoms with van der Waals surface area (Å²) in [5.41, 5.74) is 4.16. The van der Waals surface area contributed by atoms with Crippen molar-refractivity contribution < 1.29 is 17.3 Å². The summed E-state index contributed by atoms with van der Waals surface area (Å²) in [6, 6.07) is 9.81. The molecule has 10 heteroatoms. The van der Waals surface area contributed by atoms with Crippen molar-refractivity contribution in [2.45, 2.75) is 39.5 Å². The fourth-order valence-electron chi connectivity index (χ4n) is 4.51. The SMILES string of the molecule is Cc1ccc(Oc2ccc(Nc3ncnc4sc5c(c34)CCC(CCOS(C)(=O)=O)C5)cc2C)cn1. The number of hydrogen-bond acceptors (Lipinski definition) is 9. The van der Waals surface area contributed by atoms with Crippen LogP contribution in [0.1, 0.15) is 34.5 Å². The normalized spacial score (nSPS) is 15.6. The van der Waals surface area contributed by atoms with Crippen LogP contribution in [-0.4, -0.2) is 36.2 Å². The Morgan fingerprint density at radius 3 is 2.75 bits per heavy atom. The molecule has 3 aromatic heterocycles. The van der Waals surface area contributed by atoms with E-state index in [1.807, 2.05) is 44.2 Å². The first-order valence-electron chi connectivity index (χ1n) is 11.8. The minimum atomic E-state index is -3.40. The number of benzene rings is 1. The molecule has 0 radical (unpaired) electrons. The van der Waals surface area contributed by atoms with Gasteiger partial charge in [-0.2, -0.15) is 8.42 Å². The maximum atomic E-state index is 11.3. The highest BCUT2D eigenvalue weighted by Crippen LogP contribution is 2.41. The van der Waals surface area contributed by atoms with E-state index < -0.39 is 10.1 Å². The highest BCUT2D eigenvalue weighted by Gasteiger charge is 2.25. The number of ether oxygens (including phenoxy) is 1. The fourth-order valence-corrected chi connectivity index (χ4v) is 6.21. The second kappa shape index (κ2) is 10.1. The summed E-state index contributed by atoms with van der Waals surface area (Å²) in [6.07, 6.45) is 7.94. The van der Waals surface area contributed by atoms with Gasteiger partial charge in [0.1, 0.15) is 28.5 Å². The van der Waals surface area contributed by atoms with Gasteiger partial charge in [0.25, 0.3) is 10.1 Å². The van der Waals surface area contributed by atoms with Crippen molar-refractivity contribution in [2.75, 3.05) is 18.2 Å². The zero-order valence-corrected chi connectivity index (χ0v) is 22.1. The number of anilines is 2. The van der Waals surface area contributed by atoms with Crippen molar-refractivity contribution in [1.29, 1.82) is 0 Å². The molecule has 1 aliphatic rings. The van der Waals surface area contributed by atoms with Crippen molar-refractivity contribution in [3.05, 3.63) is 64.6 Å². The van der Waals surface area contributed by atoms with E-state index in [0.717, 1.165) is 70.7 Å². The topological polar surface area (TPSA) is 103 Å². The first-order valence-corrected chi connectivity index (χ1v) is 14.5. The van der Waals surface area contributed by atoms with Gasteiger partial charge in [0, 0.05) is 16.3 Å². The van der Waals surface area contributed by atoms with Crippen LogP contribution in [-0.2, 0) is 27.1 Å². The van der Waals surface area contributed by atoms with Crippen LogP contribution in [0.15, 0.2) is 42.9 Å². The van der Waals surface area contributed by atoms with Crippen LogP contribution in [0.5, 0.6) is 11.5 Å². The number of nitrogens with one attached hydrogen (secondary N) is 1. The first-order chi connectivity index (χ1) is 17.2. The third-order valence-electron chi connectivity index (χ3n) is 6.32. The molecule has 1 aromatic carbocycles. The lowest BCUT2D eigenvalue weighted by molar-refractivity contribution is 0.274.